The van der Waals surface area contributed by atoms with E-state index in [1.807, 2.05) is 12.2 Å². The van der Waals surface area contributed by atoms with Gasteiger partial charge in [-0.25, -0.2) is 22.6 Å². The fraction of sp³-hybridized carbons (Fsp3) is 0.581. The highest BCUT2D eigenvalue weighted by molar-refractivity contribution is 7.91. The largest absolute Gasteiger partial charge is 0.444 e. The average Bonchev–Trinajstić information content (AvgIpc) is 4.15. The standard InChI is InChI=1S/C43H53FN8O9S/c44-32-14-9-12-27-23-51(25-31(27)32)42(58)61-29-20-35-38(54)49-43(41(57)50-62(59,60)30-16-17-30)21-28(43)13-7-2-1-3-8-15-33(40(56)52(35)24-29)47-39(55)36(26-10-5-4-6-11-26)48-37(53)34-22-45-18-19-46-34/h7,9,12-14,18-19,22,26,28-30,33,35-36H,1-6,8,10-11,15-17,20-21,23-25H2,(H,47,55)(H,48,53)(H,49,54)(H,50,57)/t28-,29-,33+,35+,36+,43-/m1/s1. The lowest BCUT2D eigenvalue weighted by molar-refractivity contribution is -0.143. The quantitative estimate of drug-likeness (QED) is 0.268. The molecule has 8 rings (SSSR count). The zero-order valence-corrected chi connectivity index (χ0v) is 35.2. The number of sulfonamides is 1. The molecule has 332 valence electrons. The van der Waals surface area contributed by atoms with Crippen LogP contribution in [0.4, 0.5) is 9.18 Å². The number of hydrogen-bond donors (Lipinski definition) is 4. The van der Waals surface area contributed by atoms with Crippen LogP contribution in [0.2, 0.25) is 0 Å². The third-order valence-electron chi connectivity index (χ3n) is 13.1. The van der Waals surface area contributed by atoms with Gasteiger partial charge in [-0.2, -0.15) is 0 Å². The van der Waals surface area contributed by atoms with Gasteiger partial charge in [0.05, 0.1) is 24.5 Å². The van der Waals surface area contributed by atoms with Gasteiger partial charge in [0.25, 0.3) is 11.8 Å². The number of fused-ring (bicyclic) bond motifs is 3. The Labute approximate surface area is 359 Å². The Kier molecular flexibility index (Phi) is 12.6. The monoisotopic (exact) mass is 876 g/mol. The zero-order valence-electron chi connectivity index (χ0n) is 34.4. The normalized spacial score (nSPS) is 27.3. The molecule has 3 saturated carbocycles. The molecule has 0 unspecified atom stereocenters. The molecule has 0 spiro atoms. The first-order chi connectivity index (χ1) is 29.8. The topological polar surface area (TPSA) is 226 Å². The summed E-state index contributed by atoms with van der Waals surface area (Å²) in [6, 6.07) is 1.14. The molecule has 6 atom stereocenters. The van der Waals surface area contributed by atoms with Gasteiger partial charge in [-0.3, -0.25) is 38.6 Å². The van der Waals surface area contributed by atoms with Gasteiger partial charge in [0.15, 0.2) is 0 Å². The van der Waals surface area contributed by atoms with E-state index in [0.717, 1.165) is 19.3 Å². The smallest absolute Gasteiger partial charge is 0.410 e. The van der Waals surface area contributed by atoms with Crippen molar-refractivity contribution >= 4 is 45.7 Å². The molecule has 17 nitrogen and oxygen atoms in total. The Bertz CT molecular complexity index is 2220. The number of carbonyl (C=O) groups is 6. The van der Waals surface area contributed by atoms with Crippen molar-refractivity contribution in [3.63, 3.8) is 0 Å². The molecule has 4 heterocycles. The fourth-order valence-corrected chi connectivity index (χ4v) is 10.7. The molecular formula is C43H53FN8O9S. The Hall–Kier alpha value is -5.46. The van der Waals surface area contributed by atoms with Gasteiger partial charge < -0.3 is 25.6 Å². The molecular weight excluding hydrogens is 824 g/mol. The number of benzene rings is 1. The van der Waals surface area contributed by atoms with Crippen LogP contribution in [0, 0.1) is 17.7 Å². The van der Waals surface area contributed by atoms with Crippen LogP contribution in [0.1, 0.15) is 112 Å². The minimum atomic E-state index is -3.97. The number of allylic oxidation sites excluding steroid dienone is 1. The summed E-state index contributed by atoms with van der Waals surface area (Å²) in [7, 11) is -3.97. The molecule has 6 aliphatic rings. The van der Waals surface area contributed by atoms with Crippen LogP contribution in [0.3, 0.4) is 0 Å². The maximum Gasteiger partial charge on any atom is 0.410 e. The number of amides is 6. The van der Waals surface area contributed by atoms with E-state index in [1.54, 1.807) is 12.1 Å². The molecule has 0 radical (unpaired) electrons. The Morgan fingerprint density at radius 2 is 1.74 bits per heavy atom. The highest BCUT2D eigenvalue weighted by atomic mass is 32.2. The number of rotatable bonds is 9. The summed E-state index contributed by atoms with van der Waals surface area (Å²) in [5.41, 5.74) is -0.568. The first-order valence-electron chi connectivity index (χ1n) is 21.8. The molecule has 2 aromatic rings. The van der Waals surface area contributed by atoms with Crippen LogP contribution in [0.25, 0.3) is 0 Å². The summed E-state index contributed by atoms with van der Waals surface area (Å²) in [5.74, 6) is -4.56. The van der Waals surface area contributed by atoms with E-state index in [4.69, 9.17) is 4.74 Å². The van der Waals surface area contributed by atoms with E-state index in [0.29, 0.717) is 62.5 Å². The predicted molar refractivity (Wildman–Crippen MR) is 219 cm³/mol. The van der Waals surface area contributed by atoms with Crippen LogP contribution in [-0.2, 0) is 47.0 Å². The molecule has 6 amide bonds. The van der Waals surface area contributed by atoms with E-state index < -0.39 is 92.4 Å². The van der Waals surface area contributed by atoms with Crippen molar-refractivity contribution < 1.29 is 46.3 Å². The third-order valence-corrected chi connectivity index (χ3v) is 14.9. The maximum absolute atomic E-state index is 14.9. The van der Waals surface area contributed by atoms with Gasteiger partial charge in [-0.15, -0.1) is 0 Å². The lowest BCUT2D eigenvalue weighted by Gasteiger charge is -2.33. The first-order valence-corrected chi connectivity index (χ1v) is 23.3. The fourth-order valence-electron chi connectivity index (χ4n) is 9.33. The highest BCUT2D eigenvalue weighted by Gasteiger charge is 2.62. The summed E-state index contributed by atoms with van der Waals surface area (Å²) >= 11 is 0. The summed E-state index contributed by atoms with van der Waals surface area (Å²) in [5, 5.41) is 7.92. The number of carbonyl (C=O) groups excluding carboxylic acids is 6. The maximum atomic E-state index is 14.9. The van der Waals surface area contributed by atoms with E-state index in [9.17, 15) is 41.6 Å². The van der Waals surface area contributed by atoms with Crippen LogP contribution < -0.4 is 20.7 Å². The second-order valence-electron chi connectivity index (χ2n) is 17.5. The number of aromatic nitrogens is 2. The van der Waals surface area contributed by atoms with Gasteiger partial charge in [0.1, 0.15) is 41.3 Å². The van der Waals surface area contributed by atoms with Crippen molar-refractivity contribution in [3.05, 3.63) is 71.6 Å². The van der Waals surface area contributed by atoms with Gasteiger partial charge in [-0.1, -0.05) is 56.4 Å². The third kappa shape index (κ3) is 9.46. The summed E-state index contributed by atoms with van der Waals surface area (Å²) in [6.07, 6.45) is 13.7. The average molecular weight is 877 g/mol. The van der Waals surface area contributed by atoms with Gasteiger partial charge >= 0.3 is 6.09 Å². The number of ether oxygens (including phenoxy) is 1. The van der Waals surface area contributed by atoms with E-state index in [2.05, 4.69) is 30.6 Å². The molecule has 3 aliphatic heterocycles. The highest BCUT2D eigenvalue weighted by Crippen LogP contribution is 2.46. The Balaban J connectivity index is 1.06. The summed E-state index contributed by atoms with van der Waals surface area (Å²) < 4.78 is 48.5. The number of nitrogens with zero attached hydrogens (tertiary/aromatic N) is 4. The van der Waals surface area contributed by atoms with Crippen LogP contribution in [-0.4, -0.2) is 105 Å². The van der Waals surface area contributed by atoms with Crippen molar-refractivity contribution in [1.82, 2.24) is 40.4 Å². The number of hydrogen-bond acceptors (Lipinski definition) is 11. The summed E-state index contributed by atoms with van der Waals surface area (Å²) in [6.45, 7) is -0.163. The zero-order chi connectivity index (χ0) is 43.6. The van der Waals surface area contributed by atoms with Crippen molar-refractivity contribution in [3.8, 4) is 0 Å². The minimum Gasteiger partial charge on any atom is -0.444 e. The lowest BCUT2D eigenvalue weighted by atomic mass is 9.83. The summed E-state index contributed by atoms with van der Waals surface area (Å²) in [4.78, 5) is 95.2. The molecule has 0 bridgehead atoms. The van der Waals surface area contributed by atoms with Crippen molar-refractivity contribution in [2.75, 3.05) is 6.54 Å². The molecule has 62 heavy (non-hydrogen) atoms. The van der Waals surface area contributed by atoms with E-state index >= 15 is 0 Å². The SMILES string of the molecule is O=C(N[C@H](C(=O)N[C@H]1CCCCCC=C[C@@H]2C[C@@]2(C(=O)NS(=O)(=O)C2CC2)NC(=O)[C@@H]2C[C@@H](OC(=O)N3Cc4cccc(F)c4C3)CN2C1=O)C1CCCCC1)c1cnccn1. The molecule has 1 aromatic carbocycles. The molecule has 3 aliphatic carbocycles. The second-order valence-corrected chi connectivity index (χ2v) is 19.5. The molecule has 1 aromatic heterocycles. The van der Waals surface area contributed by atoms with Crippen LogP contribution in [0.15, 0.2) is 48.9 Å². The molecule has 4 N–H and O–H groups in total. The number of halogens is 1. The van der Waals surface area contributed by atoms with Gasteiger partial charge in [0, 0.05) is 36.8 Å². The van der Waals surface area contributed by atoms with Gasteiger partial charge in [0.2, 0.25) is 27.7 Å². The van der Waals surface area contributed by atoms with E-state index in [-0.39, 0.29) is 50.5 Å². The predicted octanol–water partition coefficient (Wildman–Crippen LogP) is 2.90. The molecule has 1 saturated heterocycles. The first kappa shape index (κ1) is 43.2. The molecule has 4 fully saturated rings. The number of nitrogens with one attached hydrogen (secondary N) is 4. The Morgan fingerprint density at radius 1 is 0.968 bits per heavy atom. The molecule has 19 heteroatoms. The lowest BCUT2D eigenvalue weighted by Crippen LogP contribution is -2.60. The van der Waals surface area contributed by atoms with Crippen LogP contribution >= 0.6 is 0 Å². The van der Waals surface area contributed by atoms with Crippen molar-refractivity contribution in [1.29, 1.82) is 0 Å². The van der Waals surface area contributed by atoms with Gasteiger partial charge in [-0.05, 0) is 68.9 Å². The second kappa shape index (κ2) is 18.1. The Morgan fingerprint density at radius 3 is 2.48 bits per heavy atom. The van der Waals surface area contributed by atoms with Crippen molar-refractivity contribution in [2.24, 2.45) is 11.8 Å². The minimum absolute atomic E-state index is 0.0277. The van der Waals surface area contributed by atoms with E-state index in [1.165, 1.54) is 34.5 Å². The van der Waals surface area contributed by atoms with Crippen molar-refractivity contribution in [2.45, 2.75) is 138 Å². The van der Waals surface area contributed by atoms with Crippen LogP contribution in [0.5, 0.6) is 0 Å².